The Balaban J connectivity index is 1.99. The van der Waals surface area contributed by atoms with Crippen LogP contribution in [0.4, 0.5) is 4.79 Å². The van der Waals surface area contributed by atoms with Crippen molar-refractivity contribution in [1.29, 1.82) is 0 Å². The van der Waals surface area contributed by atoms with E-state index in [9.17, 15) is 23.1 Å². The van der Waals surface area contributed by atoms with Gasteiger partial charge in [-0.05, 0) is 65.1 Å². The first-order valence-corrected chi connectivity index (χ1v) is 12.8. The van der Waals surface area contributed by atoms with Crippen LogP contribution in [0.3, 0.4) is 0 Å². The molecular formula is C22H36N4O6S. The third-order valence-electron chi connectivity index (χ3n) is 5.09. The van der Waals surface area contributed by atoms with E-state index < -0.39 is 39.8 Å². The van der Waals surface area contributed by atoms with Gasteiger partial charge in [0.05, 0.1) is 12.1 Å². The molecule has 0 spiro atoms. The lowest BCUT2D eigenvalue weighted by molar-refractivity contribution is -0.129. The molecule has 1 aliphatic rings. The first-order valence-electron chi connectivity index (χ1n) is 11.4. The van der Waals surface area contributed by atoms with Gasteiger partial charge < -0.3 is 20.5 Å². The van der Waals surface area contributed by atoms with Gasteiger partial charge in [0.1, 0.15) is 5.60 Å². The number of ether oxygens (including phenoxy) is 1. The van der Waals surface area contributed by atoms with Crippen LogP contribution in [0.5, 0.6) is 0 Å². The molecule has 0 aromatic carbocycles. The molecule has 2 heterocycles. The Morgan fingerprint density at radius 1 is 1.27 bits per heavy atom. The van der Waals surface area contributed by atoms with Gasteiger partial charge in [0.25, 0.3) is 10.0 Å². The van der Waals surface area contributed by atoms with E-state index in [1.54, 1.807) is 32.9 Å². The number of pyridine rings is 1. The topological polar surface area (TPSA) is 138 Å². The number of hydrogen-bond donors (Lipinski definition) is 3. The maximum atomic E-state index is 13.3. The van der Waals surface area contributed by atoms with Crippen molar-refractivity contribution < 1.29 is 27.9 Å². The van der Waals surface area contributed by atoms with Gasteiger partial charge >= 0.3 is 6.09 Å². The van der Waals surface area contributed by atoms with Gasteiger partial charge in [-0.1, -0.05) is 12.5 Å². The summed E-state index contributed by atoms with van der Waals surface area (Å²) < 4.78 is 32.6. The highest BCUT2D eigenvalue weighted by Gasteiger charge is 2.39. The second-order valence-electron chi connectivity index (χ2n) is 9.08. The fourth-order valence-corrected chi connectivity index (χ4v) is 5.19. The molecular weight excluding hydrogens is 448 g/mol. The predicted octanol–water partition coefficient (Wildman–Crippen LogP) is 1.80. The van der Waals surface area contributed by atoms with E-state index in [0.29, 0.717) is 45.2 Å². The minimum atomic E-state index is -4.21. The van der Waals surface area contributed by atoms with Crippen LogP contribution in [-0.2, 0) is 19.6 Å². The molecule has 0 bridgehead atoms. The molecule has 1 saturated heterocycles. The second kappa shape index (κ2) is 12.3. The predicted molar refractivity (Wildman–Crippen MR) is 123 cm³/mol. The number of alkyl carbamates (subject to hydrolysis) is 1. The number of aliphatic hydroxyl groups excluding tert-OH is 1. The Morgan fingerprint density at radius 3 is 2.70 bits per heavy atom. The molecule has 0 aliphatic carbocycles. The summed E-state index contributed by atoms with van der Waals surface area (Å²) >= 11 is 0. The number of hydrogen-bond acceptors (Lipinski definition) is 8. The second-order valence-corrected chi connectivity index (χ2v) is 10.8. The summed E-state index contributed by atoms with van der Waals surface area (Å²) in [7, 11) is -4.21. The van der Waals surface area contributed by atoms with E-state index in [2.05, 4.69) is 15.6 Å². The number of aliphatic hydroxyl groups is 1. The number of carbonyl (C=O) groups is 2. The van der Waals surface area contributed by atoms with Gasteiger partial charge in [-0.15, -0.1) is 0 Å². The van der Waals surface area contributed by atoms with E-state index in [1.165, 1.54) is 12.3 Å². The van der Waals surface area contributed by atoms with Crippen LogP contribution in [0, 0.1) is 0 Å². The minimum absolute atomic E-state index is 0.00908. The highest BCUT2D eigenvalue weighted by Crippen LogP contribution is 2.24. The summed E-state index contributed by atoms with van der Waals surface area (Å²) in [5.74, 6) is -0.563. The number of nitrogens with zero attached hydrogens (tertiary/aromatic N) is 2. The fourth-order valence-electron chi connectivity index (χ4n) is 3.58. The smallest absolute Gasteiger partial charge is 0.407 e. The largest absolute Gasteiger partial charge is 0.444 e. The van der Waals surface area contributed by atoms with Gasteiger partial charge in [-0.2, -0.15) is 8.42 Å². The van der Waals surface area contributed by atoms with E-state index in [-0.39, 0.29) is 18.0 Å². The lowest BCUT2D eigenvalue weighted by Gasteiger charge is -2.32. The fraction of sp³-hybridized carbons (Fsp3) is 0.682. The highest BCUT2D eigenvalue weighted by molar-refractivity contribution is 7.89. The number of carbonyl (C=O) groups excluding carboxylic acids is 2. The number of β-amino-alcohol motifs (C(OH)–C–C–N with tert-alkyl or cyclic N) is 1. The third-order valence-corrected chi connectivity index (χ3v) is 6.86. The van der Waals surface area contributed by atoms with Crippen molar-refractivity contribution in [3.63, 3.8) is 0 Å². The van der Waals surface area contributed by atoms with Crippen LogP contribution in [0.2, 0.25) is 0 Å². The maximum absolute atomic E-state index is 13.3. The van der Waals surface area contributed by atoms with E-state index in [1.807, 2.05) is 0 Å². The number of amides is 2. The van der Waals surface area contributed by atoms with Crippen LogP contribution in [0.25, 0.3) is 0 Å². The minimum Gasteiger partial charge on any atom is -0.444 e. The summed E-state index contributed by atoms with van der Waals surface area (Å²) in [5, 5.41) is 16.1. The normalized spacial score (nSPS) is 19.4. The quantitative estimate of drug-likeness (QED) is 0.451. The van der Waals surface area contributed by atoms with Gasteiger partial charge in [-0.25, -0.2) is 14.1 Å². The van der Waals surface area contributed by atoms with E-state index >= 15 is 0 Å². The summed E-state index contributed by atoms with van der Waals surface area (Å²) in [6, 6.07) is 3.64. The van der Waals surface area contributed by atoms with Crippen LogP contribution < -0.4 is 10.6 Å². The molecule has 2 amide bonds. The van der Waals surface area contributed by atoms with Gasteiger partial charge in [0.2, 0.25) is 5.91 Å². The number of unbranched alkanes of at least 4 members (excludes halogenated alkanes) is 2. The van der Waals surface area contributed by atoms with Gasteiger partial charge in [0, 0.05) is 25.7 Å². The Kier molecular flexibility index (Phi) is 10.1. The Labute approximate surface area is 196 Å². The molecule has 33 heavy (non-hydrogen) atoms. The monoisotopic (exact) mass is 484 g/mol. The molecule has 10 nitrogen and oxygen atoms in total. The summed E-state index contributed by atoms with van der Waals surface area (Å²) in [6.45, 7) is 6.59. The average molecular weight is 485 g/mol. The number of sulfonamides is 1. The zero-order valence-corrected chi connectivity index (χ0v) is 20.4. The van der Waals surface area contributed by atoms with Crippen molar-refractivity contribution in [3.8, 4) is 0 Å². The van der Waals surface area contributed by atoms with Crippen LogP contribution in [0.15, 0.2) is 29.4 Å². The summed E-state index contributed by atoms with van der Waals surface area (Å²) in [6.07, 6.45) is 2.56. The van der Waals surface area contributed by atoms with Crippen LogP contribution in [-0.4, -0.2) is 72.2 Å². The lowest BCUT2D eigenvalue weighted by atomic mass is 10.1. The molecule has 0 saturated carbocycles. The van der Waals surface area contributed by atoms with Crippen molar-refractivity contribution in [3.05, 3.63) is 24.4 Å². The molecule has 11 heteroatoms. The molecule has 1 fully saturated rings. The maximum Gasteiger partial charge on any atom is 0.407 e. The zero-order chi connectivity index (χ0) is 24.5. The SMILES string of the molecule is CC(C)(C)OC(=O)NCCCCCC(=O)N(C1CCCNC[C@@H]1O)S(=O)(=O)c1ccccn1. The molecule has 2 atom stereocenters. The Hall–Kier alpha value is -2.24. The zero-order valence-electron chi connectivity index (χ0n) is 19.6. The molecule has 1 unspecified atom stereocenters. The molecule has 186 valence electrons. The first kappa shape index (κ1) is 27.0. The van der Waals surface area contributed by atoms with Crippen molar-refractivity contribution in [2.24, 2.45) is 0 Å². The van der Waals surface area contributed by atoms with Crippen LogP contribution >= 0.6 is 0 Å². The van der Waals surface area contributed by atoms with E-state index in [0.717, 1.165) is 4.31 Å². The standard InChI is InChI=1S/C22H36N4O6S/c1-22(2,3)32-21(29)25-15-7-4-5-12-20(28)26(17-10-9-13-23-16-18(17)27)33(30,31)19-11-6-8-14-24-19/h6,8,11,14,17-18,23,27H,4-5,7,9-10,12-13,15-16H2,1-3H3,(H,25,29)/t17?,18-/m0/s1. The summed E-state index contributed by atoms with van der Waals surface area (Å²) in [5.41, 5.74) is -0.572. The Morgan fingerprint density at radius 2 is 2.03 bits per heavy atom. The van der Waals surface area contributed by atoms with Crippen molar-refractivity contribution in [2.45, 2.75) is 82.1 Å². The molecule has 0 radical (unpaired) electrons. The summed E-state index contributed by atoms with van der Waals surface area (Å²) in [4.78, 5) is 28.7. The highest BCUT2D eigenvalue weighted by atomic mass is 32.2. The first-order chi connectivity index (χ1) is 15.5. The van der Waals surface area contributed by atoms with Crippen molar-refractivity contribution in [1.82, 2.24) is 19.9 Å². The van der Waals surface area contributed by atoms with Crippen molar-refractivity contribution in [2.75, 3.05) is 19.6 Å². The number of aromatic nitrogens is 1. The molecule has 1 aromatic rings. The van der Waals surface area contributed by atoms with Gasteiger partial charge in [-0.3, -0.25) is 4.79 Å². The molecule has 2 rings (SSSR count). The average Bonchev–Trinajstić information content (AvgIpc) is 2.94. The van der Waals surface area contributed by atoms with Gasteiger partial charge in [0.15, 0.2) is 5.03 Å². The number of nitrogens with one attached hydrogen (secondary N) is 2. The van der Waals surface area contributed by atoms with Crippen LogP contribution in [0.1, 0.15) is 59.3 Å². The number of rotatable bonds is 9. The lowest BCUT2D eigenvalue weighted by Crippen LogP contribution is -2.51. The molecule has 1 aromatic heterocycles. The molecule has 1 aliphatic heterocycles. The molecule has 3 N–H and O–H groups in total. The third kappa shape index (κ3) is 8.56. The van der Waals surface area contributed by atoms with E-state index in [4.69, 9.17) is 4.74 Å². The van der Waals surface area contributed by atoms with Crippen molar-refractivity contribution >= 4 is 22.0 Å². The Bertz CT molecular complexity index is 873.